The second kappa shape index (κ2) is 6.27. The number of amides is 2. The van der Waals surface area contributed by atoms with Crippen LogP contribution in [0.2, 0.25) is 0 Å². The van der Waals surface area contributed by atoms with Gasteiger partial charge in [-0.05, 0) is 29.1 Å². The molecule has 1 saturated heterocycles. The van der Waals surface area contributed by atoms with E-state index < -0.39 is 0 Å². The summed E-state index contributed by atoms with van der Waals surface area (Å²) in [6.45, 7) is 0.913. The molecule has 1 aliphatic heterocycles. The maximum Gasteiger partial charge on any atom is 0.252 e. The summed E-state index contributed by atoms with van der Waals surface area (Å²) >= 11 is 1.46. The Hall–Kier alpha value is -2.21. The van der Waals surface area contributed by atoms with E-state index in [0.29, 0.717) is 25.1 Å². The lowest BCUT2D eigenvalue weighted by Gasteiger charge is -2.17. The number of carbonyl (C=O) groups is 2. The van der Waals surface area contributed by atoms with Crippen LogP contribution in [0.5, 0.6) is 0 Å². The number of nitrogens with zero attached hydrogens (tertiary/aromatic N) is 1. The fraction of sp³-hybridized carbons (Fsp3) is 0.250. The molecule has 114 valence electrons. The smallest absolute Gasteiger partial charge is 0.252 e. The Kier molecular flexibility index (Phi) is 4.20. The van der Waals surface area contributed by atoms with E-state index >= 15 is 0 Å². The third-order valence-electron chi connectivity index (χ3n) is 3.62. The van der Waals surface area contributed by atoms with Gasteiger partial charge in [0.25, 0.3) is 5.91 Å². The van der Waals surface area contributed by atoms with E-state index in [2.05, 4.69) is 5.32 Å². The Morgan fingerprint density at radius 3 is 2.77 bits per heavy atom. The number of likely N-dealkylation sites (tertiary alicyclic amines) is 1. The van der Waals surface area contributed by atoms with E-state index in [1.165, 1.54) is 23.5 Å². The van der Waals surface area contributed by atoms with E-state index in [0.717, 1.165) is 5.56 Å². The average Bonchev–Trinajstić information content (AvgIpc) is 3.12. The number of nitrogens with one attached hydrogen (secondary N) is 1. The maximum atomic E-state index is 12.9. The number of hydrogen-bond donors (Lipinski definition) is 1. The molecule has 1 atom stereocenters. The van der Waals surface area contributed by atoms with Crippen LogP contribution in [0.1, 0.15) is 22.3 Å². The molecule has 0 bridgehead atoms. The van der Waals surface area contributed by atoms with Crippen LogP contribution in [0.25, 0.3) is 0 Å². The van der Waals surface area contributed by atoms with Gasteiger partial charge in [-0.1, -0.05) is 12.1 Å². The van der Waals surface area contributed by atoms with E-state index in [1.54, 1.807) is 28.5 Å². The Labute approximate surface area is 131 Å². The number of halogens is 1. The number of carbonyl (C=O) groups excluding carboxylic acids is 2. The molecule has 22 heavy (non-hydrogen) atoms. The van der Waals surface area contributed by atoms with Crippen molar-refractivity contribution in [2.45, 2.75) is 19.0 Å². The summed E-state index contributed by atoms with van der Waals surface area (Å²) in [5.74, 6) is -0.444. The maximum absolute atomic E-state index is 12.9. The van der Waals surface area contributed by atoms with Crippen molar-refractivity contribution in [3.8, 4) is 0 Å². The van der Waals surface area contributed by atoms with Crippen LogP contribution >= 0.6 is 11.3 Å². The van der Waals surface area contributed by atoms with Crippen molar-refractivity contribution in [1.82, 2.24) is 10.2 Å². The highest BCUT2D eigenvalue weighted by atomic mass is 32.1. The summed E-state index contributed by atoms with van der Waals surface area (Å²) in [6.07, 6.45) is 0.303. The molecule has 2 aromatic rings. The van der Waals surface area contributed by atoms with Crippen molar-refractivity contribution in [3.05, 3.63) is 58.0 Å². The quantitative estimate of drug-likeness (QED) is 0.941. The van der Waals surface area contributed by atoms with Gasteiger partial charge in [0.15, 0.2) is 0 Å². The van der Waals surface area contributed by atoms with Gasteiger partial charge in [-0.15, -0.1) is 0 Å². The minimum atomic E-state index is -0.294. The summed E-state index contributed by atoms with van der Waals surface area (Å²) < 4.78 is 12.9. The predicted octanol–water partition coefficient (Wildman–Crippen LogP) is 2.42. The van der Waals surface area contributed by atoms with Gasteiger partial charge < -0.3 is 10.2 Å². The van der Waals surface area contributed by atoms with E-state index in [-0.39, 0.29) is 23.7 Å². The molecule has 1 aromatic heterocycles. The molecular weight excluding hydrogens is 303 g/mol. The normalized spacial score (nSPS) is 17.8. The highest BCUT2D eigenvalue weighted by molar-refractivity contribution is 7.08. The second-order valence-corrected chi connectivity index (χ2v) is 6.07. The molecule has 1 aliphatic rings. The highest BCUT2D eigenvalue weighted by Gasteiger charge is 2.30. The Balaban J connectivity index is 1.58. The standard InChI is InChI=1S/C16H15FN2O2S/c17-13-3-1-11(2-4-13)8-19-9-14(7-15(19)20)18-16(21)12-5-6-22-10-12/h1-6,10,14H,7-9H2,(H,18,21)/t14-/m1/s1. The number of hydrogen-bond acceptors (Lipinski definition) is 3. The SMILES string of the molecule is O=C(N[C@@H]1CC(=O)N(Cc2ccc(F)cc2)C1)c1ccsc1. The van der Waals surface area contributed by atoms with Crippen molar-refractivity contribution in [2.75, 3.05) is 6.54 Å². The third-order valence-corrected chi connectivity index (χ3v) is 4.30. The molecule has 2 heterocycles. The third kappa shape index (κ3) is 3.33. The molecule has 1 fully saturated rings. The van der Waals surface area contributed by atoms with Crippen molar-refractivity contribution in [2.24, 2.45) is 0 Å². The summed E-state index contributed by atoms with van der Waals surface area (Å²) in [5, 5.41) is 6.50. The zero-order valence-electron chi connectivity index (χ0n) is 11.8. The highest BCUT2D eigenvalue weighted by Crippen LogP contribution is 2.16. The van der Waals surface area contributed by atoms with Crippen molar-refractivity contribution < 1.29 is 14.0 Å². The monoisotopic (exact) mass is 318 g/mol. The lowest BCUT2D eigenvalue weighted by Crippen LogP contribution is -2.36. The molecular formula is C16H15FN2O2S. The zero-order chi connectivity index (χ0) is 15.5. The Morgan fingerprint density at radius 1 is 1.32 bits per heavy atom. The molecule has 3 rings (SSSR count). The minimum Gasteiger partial charge on any atom is -0.347 e. The Morgan fingerprint density at radius 2 is 2.09 bits per heavy atom. The minimum absolute atomic E-state index is 0.0000522. The lowest BCUT2D eigenvalue weighted by molar-refractivity contribution is -0.128. The van der Waals surface area contributed by atoms with Crippen LogP contribution in [-0.2, 0) is 11.3 Å². The van der Waals surface area contributed by atoms with Crippen molar-refractivity contribution >= 4 is 23.2 Å². The first kappa shape index (κ1) is 14.7. The molecule has 0 saturated carbocycles. The van der Waals surface area contributed by atoms with Crippen LogP contribution in [0.3, 0.4) is 0 Å². The van der Waals surface area contributed by atoms with Gasteiger partial charge in [0.2, 0.25) is 5.91 Å². The molecule has 0 unspecified atom stereocenters. The molecule has 1 aromatic carbocycles. The van der Waals surface area contributed by atoms with Gasteiger partial charge >= 0.3 is 0 Å². The fourth-order valence-corrected chi connectivity index (χ4v) is 3.13. The van der Waals surface area contributed by atoms with Crippen LogP contribution in [0.15, 0.2) is 41.1 Å². The first-order valence-corrected chi connectivity index (χ1v) is 7.91. The van der Waals surface area contributed by atoms with Crippen LogP contribution in [0.4, 0.5) is 4.39 Å². The van der Waals surface area contributed by atoms with Crippen molar-refractivity contribution in [3.63, 3.8) is 0 Å². The molecule has 4 nitrogen and oxygen atoms in total. The molecule has 6 heteroatoms. The van der Waals surface area contributed by atoms with E-state index in [4.69, 9.17) is 0 Å². The van der Waals surface area contributed by atoms with Crippen LogP contribution < -0.4 is 5.32 Å². The molecule has 0 aliphatic carbocycles. The largest absolute Gasteiger partial charge is 0.347 e. The van der Waals surface area contributed by atoms with Gasteiger partial charge in [0, 0.05) is 30.5 Å². The first-order valence-electron chi connectivity index (χ1n) is 6.97. The van der Waals surface area contributed by atoms with Gasteiger partial charge in [0.05, 0.1) is 6.04 Å². The van der Waals surface area contributed by atoms with Crippen LogP contribution in [-0.4, -0.2) is 29.3 Å². The van der Waals surface area contributed by atoms with E-state index in [9.17, 15) is 14.0 Å². The average molecular weight is 318 g/mol. The number of benzene rings is 1. The number of thiophene rings is 1. The molecule has 0 spiro atoms. The fourth-order valence-electron chi connectivity index (χ4n) is 2.49. The first-order chi connectivity index (χ1) is 10.6. The molecule has 2 amide bonds. The zero-order valence-corrected chi connectivity index (χ0v) is 12.6. The summed E-state index contributed by atoms with van der Waals surface area (Å²) in [6, 6.07) is 7.67. The van der Waals surface area contributed by atoms with Crippen LogP contribution in [0, 0.1) is 5.82 Å². The lowest BCUT2D eigenvalue weighted by atomic mass is 10.2. The molecule has 0 radical (unpaired) electrons. The molecule has 1 N–H and O–H groups in total. The predicted molar refractivity (Wildman–Crippen MR) is 82.0 cm³/mol. The van der Waals surface area contributed by atoms with Gasteiger partial charge in [-0.3, -0.25) is 9.59 Å². The van der Waals surface area contributed by atoms with Gasteiger partial charge in [-0.25, -0.2) is 4.39 Å². The van der Waals surface area contributed by atoms with Gasteiger partial charge in [0.1, 0.15) is 5.82 Å². The number of rotatable bonds is 4. The van der Waals surface area contributed by atoms with Gasteiger partial charge in [-0.2, -0.15) is 11.3 Å². The Bertz CT molecular complexity index is 670. The van der Waals surface area contributed by atoms with E-state index in [1.807, 2.05) is 5.38 Å². The summed E-state index contributed by atoms with van der Waals surface area (Å²) in [7, 11) is 0. The summed E-state index contributed by atoms with van der Waals surface area (Å²) in [5.41, 5.74) is 1.49. The topological polar surface area (TPSA) is 49.4 Å². The summed E-state index contributed by atoms with van der Waals surface area (Å²) in [4.78, 5) is 25.7. The second-order valence-electron chi connectivity index (χ2n) is 5.29. The van der Waals surface area contributed by atoms with Crippen molar-refractivity contribution in [1.29, 1.82) is 0 Å².